The summed E-state index contributed by atoms with van der Waals surface area (Å²) in [5.74, 6) is 0.0822. The second kappa shape index (κ2) is 9.34. The molecule has 1 unspecified atom stereocenters. The van der Waals surface area contributed by atoms with E-state index in [1.807, 2.05) is 4.90 Å². The molecule has 1 atom stereocenters. The Morgan fingerprint density at radius 3 is 2.77 bits per heavy atom. The molecule has 1 aromatic rings. The number of fused-ring (bicyclic) bond motifs is 2. The zero-order valence-corrected chi connectivity index (χ0v) is 18.5. The summed E-state index contributed by atoms with van der Waals surface area (Å²) in [6.07, 6.45) is 6.61. The summed E-state index contributed by atoms with van der Waals surface area (Å²) in [5, 5.41) is 3.06. The maximum atomic E-state index is 13.0. The summed E-state index contributed by atoms with van der Waals surface area (Å²) in [7, 11) is 0. The molecule has 0 bridgehead atoms. The van der Waals surface area contributed by atoms with Gasteiger partial charge in [0.2, 0.25) is 5.91 Å². The van der Waals surface area contributed by atoms with Crippen molar-refractivity contribution in [2.24, 2.45) is 0 Å². The van der Waals surface area contributed by atoms with Crippen molar-refractivity contribution in [3.05, 3.63) is 46.5 Å². The molecule has 0 aromatic heterocycles. The lowest BCUT2D eigenvalue weighted by molar-refractivity contribution is -0.130. The summed E-state index contributed by atoms with van der Waals surface area (Å²) in [6.45, 7) is 7.90. The number of benzene rings is 1. The molecule has 1 aliphatic carbocycles. The number of rotatable bonds is 7. The fourth-order valence-corrected chi connectivity index (χ4v) is 5.37. The molecule has 1 N–H and O–H groups in total. The van der Waals surface area contributed by atoms with E-state index in [4.69, 9.17) is 0 Å². The van der Waals surface area contributed by atoms with Crippen LogP contribution in [0.15, 0.2) is 35.4 Å². The first-order valence-electron chi connectivity index (χ1n) is 11.6. The summed E-state index contributed by atoms with van der Waals surface area (Å²) in [4.78, 5) is 30.0. The van der Waals surface area contributed by atoms with Crippen LogP contribution in [0.4, 0.5) is 0 Å². The minimum absolute atomic E-state index is 0.00947. The third-order valence-corrected chi connectivity index (χ3v) is 6.87. The molecule has 0 spiro atoms. The molecule has 0 saturated heterocycles. The van der Waals surface area contributed by atoms with Gasteiger partial charge in [0.1, 0.15) is 0 Å². The molecule has 2 heterocycles. The van der Waals surface area contributed by atoms with E-state index < -0.39 is 0 Å². The van der Waals surface area contributed by atoms with Crippen LogP contribution in [0.3, 0.4) is 0 Å². The molecular weight excluding hydrogens is 374 g/mol. The number of carbonyl (C=O) groups excluding carboxylic acids is 2. The largest absolute Gasteiger partial charge is 0.356 e. The molecule has 162 valence electrons. The Bertz CT molecular complexity index is 829. The zero-order valence-electron chi connectivity index (χ0n) is 18.5. The lowest BCUT2D eigenvalue weighted by Gasteiger charge is -2.33. The van der Waals surface area contributed by atoms with Crippen LogP contribution in [-0.4, -0.2) is 53.3 Å². The van der Waals surface area contributed by atoms with Gasteiger partial charge in [-0.15, -0.1) is 0 Å². The first-order chi connectivity index (χ1) is 14.5. The first kappa shape index (κ1) is 21.1. The Kier molecular flexibility index (Phi) is 6.57. The fourth-order valence-electron chi connectivity index (χ4n) is 5.37. The van der Waals surface area contributed by atoms with Gasteiger partial charge >= 0.3 is 0 Å². The predicted octanol–water partition coefficient (Wildman–Crippen LogP) is 3.43. The van der Waals surface area contributed by atoms with Crippen molar-refractivity contribution in [2.75, 3.05) is 19.6 Å². The number of hydrogen-bond donors (Lipinski definition) is 1. The lowest BCUT2D eigenvalue weighted by Crippen LogP contribution is -2.41. The third-order valence-electron chi connectivity index (χ3n) is 6.87. The van der Waals surface area contributed by atoms with Gasteiger partial charge in [-0.05, 0) is 62.7 Å². The topological polar surface area (TPSA) is 52.7 Å². The van der Waals surface area contributed by atoms with Crippen molar-refractivity contribution >= 4 is 11.8 Å². The van der Waals surface area contributed by atoms with E-state index in [1.54, 1.807) is 0 Å². The van der Waals surface area contributed by atoms with E-state index >= 15 is 0 Å². The van der Waals surface area contributed by atoms with Gasteiger partial charge in [-0.1, -0.05) is 30.7 Å². The number of nitrogens with zero attached hydrogens (tertiary/aromatic N) is 2. The van der Waals surface area contributed by atoms with Gasteiger partial charge in [0.25, 0.3) is 5.91 Å². The predicted molar refractivity (Wildman–Crippen MR) is 119 cm³/mol. The molecular formula is C25H35N3O2. The van der Waals surface area contributed by atoms with E-state index in [2.05, 4.69) is 48.3 Å². The third kappa shape index (κ3) is 4.46. The van der Waals surface area contributed by atoms with Crippen LogP contribution >= 0.6 is 0 Å². The quantitative estimate of drug-likeness (QED) is 0.702. The number of nitrogens with one attached hydrogen (secondary N) is 1. The highest BCUT2D eigenvalue weighted by Gasteiger charge is 2.41. The maximum absolute atomic E-state index is 13.0. The Balaban J connectivity index is 1.25. The van der Waals surface area contributed by atoms with E-state index in [0.717, 1.165) is 57.3 Å². The van der Waals surface area contributed by atoms with Gasteiger partial charge in [-0.25, -0.2) is 0 Å². The second-order valence-corrected chi connectivity index (χ2v) is 9.25. The van der Waals surface area contributed by atoms with Gasteiger partial charge in [-0.3, -0.25) is 14.5 Å². The molecule has 2 amide bonds. The van der Waals surface area contributed by atoms with Gasteiger partial charge in [0, 0.05) is 37.8 Å². The summed E-state index contributed by atoms with van der Waals surface area (Å²) in [5.41, 5.74) is 4.91. The molecule has 3 aliphatic rings. The Labute approximate surface area is 180 Å². The van der Waals surface area contributed by atoms with Crippen LogP contribution in [-0.2, 0) is 22.6 Å². The highest BCUT2D eigenvalue weighted by Crippen LogP contribution is 2.38. The minimum atomic E-state index is -0.00947. The first-order valence-corrected chi connectivity index (χ1v) is 11.6. The van der Waals surface area contributed by atoms with Crippen LogP contribution in [0.5, 0.6) is 0 Å². The van der Waals surface area contributed by atoms with Crippen LogP contribution in [0.1, 0.15) is 63.5 Å². The SMILES string of the molecule is CC(C)N1C(=O)C(CC(=O)NCCCN2CCc3ccccc3C2)=C2CCCCC21. The normalized spacial score (nSPS) is 21.8. The van der Waals surface area contributed by atoms with Crippen molar-refractivity contribution in [1.29, 1.82) is 0 Å². The summed E-state index contributed by atoms with van der Waals surface area (Å²) in [6, 6.07) is 9.09. The van der Waals surface area contributed by atoms with Crippen LogP contribution in [0.2, 0.25) is 0 Å². The summed E-state index contributed by atoms with van der Waals surface area (Å²) < 4.78 is 0. The lowest BCUT2D eigenvalue weighted by atomic mass is 9.88. The molecule has 1 aromatic carbocycles. The fraction of sp³-hybridized carbons (Fsp3) is 0.600. The van der Waals surface area contributed by atoms with Crippen LogP contribution in [0, 0.1) is 0 Å². The molecule has 4 rings (SSSR count). The molecule has 5 nitrogen and oxygen atoms in total. The Hall–Kier alpha value is -2.14. The van der Waals surface area contributed by atoms with E-state index in [0.29, 0.717) is 6.54 Å². The molecule has 1 saturated carbocycles. The molecule has 30 heavy (non-hydrogen) atoms. The van der Waals surface area contributed by atoms with Crippen molar-refractivity contribution in [3.8, 4) is 0 Å². The monoisotopic (exact) mass is 409 g/mol. The van der Waals surface area contributed by atoms with E-state index in [-0.39, 0.29) is 30.3 Å². The van der Waals surface area contributed by atoms with Crippen LogP contribution in [0.25, 0.3) is 0 Å². The van der Waals surface area contributed by atoms with Crippen molar-refractivity contribution < 1.29 is 9.59 Å². The zero-order chi connectivity index (χ0) is 21.1. The summed E-state index contributed by atoms with van der Waals surface area (Å²) >= 11 is 0. The maximum Gasteiger partial charge on any atom is 0.251 e. The van der Waals surface area contributed by atoms with Gasteiger partial charge in [-0.2, -0.15) is 0 Å². The van der Waals surface area contributed by atoms with Gasteiger partial charge < -0.3 is 10.2 Å². The molecule has 1 fully saturated rings. The van der Waals surface area contributed by atoms with E-state index in [1.165, 1.54) is 23.1 Å². The Morgan fingerprint density at radius 2 is 1.97 bits per heavy atom. The Morgan fingerprint density at radius 1 is 1.17 bits per heavy atom. The standard InChI is InChI=1S/C25H35N3O2/c1-18(2)28-23-11-6-5-10-21(23)22(25(28)30)16-24(29)26-13-7-14-27-15-12-19-8-3-4-9-20(19)17-27/h3-4,8-9,18,23H,5-7,10-17H2,1-2H3,(H,26,29). The van der Waals surface area contributed by atoms with Gasteiger partial charge in [0.05, 0.1) is 12.5 Å². The van der Waals surface area contributed by atoms with Gasteiger partial charge in [0.15, 0.2) is 0 Å². The van der Waals surface area contributed by atoms with Crippen molar-refractivity contribution in [1.82, 2.24) is 15.1 Å². The molecule has 5 heteroatoms. The van der Waals surface area contributed by atoms with Crippen molar-refractivity contribution in [2.45, 2.75) is 77.4 Å². The van der Waals surface area contributed by atoms with Crippen LogP contribution < -0.4 is 5.32 Å². The van der Waals surface area contributed by atoms with Crippen molar-refractivity contribution in [3.63, 3.8) is 0 Å². The number of carbonyl (C=O) groups is 2. The molecule has 0 radical (unpaired) electrons. The number of hydrogen-bond acceptors (Lipinski definition) is 3. The highest BCUT2D eigenvalue weighted by atomic mass is 16.2. The van der Waals surface area contributed by atoms with E-state index in [9.17, 15) is 9.59 Å². The molecule has 2 aliphatic heterocycles. The smallest absolute Gasteiger partial charge is 0.251 e. The minimum Gasteiger partial charge on any atom is -0.356 e. The highest BCUT2D eigenvalue weighted by molar-refractivity contribution is 6.02. The number of amides is 2. The second-order valence-electron chi connectivity index (χ2n) is 9.25. The average molecular weight is 410 g/mol. The average Bonchev–Trinajstić information content (AvgIpc) is 3.02.